The van der Waals surface area contributed by atoms with Gasteiger partial charge in [0.25, 0.3) is 5.91 Å². The quantitative estimate of drug-likeness (QED) is 0.833. The lowest BCUT2D eigenvalue weighted by molar-refractivity contribution is 0.0803. The molecule has 1 amide bonds. The molecule has 1 atom stereocenters. The summed E-state index contributed by atoms with van der Waals surface area (Å²) in [6.07, 6.45) is 0. The van der Waals surface area contributed by atoms with E-state index in [4.69, 9.17) is 4.74 Å². The van der Waals surface area contributed by atoms with Crippen LogP contribution < -0.4 is 5.32 Å². The molecule has 1 rings (SSSR count). The van der Waals surface area contributed by atoms with Crippen molar-refractivity contribution in [2.24, 2.45) is 5.92 Å². The molecule has 2 N–H and O–H groups in total. The lowest BCUT2D eigenvalue weighted by atomic mass is 10.0. The first-order valence-electron chi connectivity index (χ1n) is 6.32. The van der Waals surface area contributed by atoms with Gasteiger partial charge in [-0.2, -0.15) is 0 Å². The van der Waals surface area contributed by atoms with E-state index >= 15 is 0 Å². The molecule has 0 radical (unpaired) electrons. The number of hydrogen-bond donors (Lipinski definition) is 2. The highest BCUT2D eigenvalue weighted by molar-refractivity contribution is 5.97. The zero-order valence-electron chi connectivity index (χ0n) is 11.4. The number of carbonyl (C=O) groups is 1. The van der Waals surface area contributed by atoms with E-state index < -0.39 is 11.7 Å². The number of ether oxygens (including phenoxy) is 1. The maximum absolute atomic E-state index is 13.1. The number of benzene rings is 1. The molecule has 0 spiro atoms. The van der Waals surface area contributed by atoms with Crippen LogP contribution >= 0.6 is 0 Å². The lowest BCUT2D eigenvalue weighted by Gasteiger charge is -2.22. The molecule has 0 saturated heterocycles. The predicted molar refractivity (Wildman–Crippen MR) is 70.7 cm³/mol. The highest BCUT2D eigenvalue weighted by atomic mass is 19.1. The molecule has 4 nitrogen and oxygen atoms in total. The van der Waals surface area contributed by atoms with Gasteiger partial charge in [-0.25, -0.2) is 4.39 Å². The van der Waals surface area contributed by atoms with Gasteiger partial charge >= 0.3 is 0 Å². The SMILES string of the molecule is CCOCC(NC(=O)c1cc(F)ccc1O)C(C)C. The zero-order valence-corrected chi connectivity index (χ0v) is 11.4. The second-order valence-electron chi connectivity index (χ2n) is 4.64. The minimum Gasteiger partial charge on any atom is -0.507 e. The average Bonchev–Trinajstić information content (AvgIpc) is 2.36. The summed E-state index contributed by atoms with van der Waals surface area (Å²) in [5.41, 5.74) is -0.0675. The molecule has 0 bridgehead atoms. The third-order valence-electron chi connectivity index (χ3n) is 2.83. The minimum atomic E-state index is -0.561. The molecule has 5 heteroatoms. The Bertz CT molecular complexity index is 435. The second-order valence-corrected chi connectivity index (χ2v) is 4.64. The van der Waals surface area contributed by atoms with Crippen molar-refractivity contribution in [2.75, 3.05) is 13.2 Å². The summed E-state index contributed by atoms with van der Waals surface area (Å²) < 4.78 is 18.4. The van der Waals surface area contributed by atoms with Crippen molar-refractivity contribution in [3.63, 3.8) is 0 Å². The molecule has 0 heterocycles. The largest absolute Gasteiger partial charge is 0.507 e. The molecule has 1 aromatic rings. The van der Waals surface area contributed by atoms with Crippen LogP contribution in [0.5, 0.6) is 5.75 Å². The van der Waals surface area contributed by atoms with Crippen molar-refractivity contribution in [1.29, 1.82) is 0 Å². The first-order chi connectivity index (χ1) is 8.95. The van der Waals surface area contributed by atoms with E-state index in [-0.39, 0.29) is 23.3 Å². The van der Waals surface area contributed by atoms with Gasteiger partial charge in [-0.1, -0.05) is 13.8 Å². The summed E-state index contributed by atoms with van der Waals surface area (Å²) in [6.45, 7) is 6.72. The number of nitrogens with one attached hydrogen (secondary N) is 1. The van der Waals surface area contributed by atoms with Gasteiger partial charge in [0.1, 0.15) is 11.6 Å². The van der Waals surface area contributed by atoms with Crippen LogP contribution in [0.4, 0.5) is 4.39 Å². The lowest BCUT2D eigenvalue weighted by Crippen LogP contribution is -2.42. The van der Waals surface area contributed by atoms with Crippen LogP contribution in [0.2, 0.25) is 0 Å². The predicted octanol–water partition coefficient (Wildman–Crippen LogP) is 2.32. The normalized spacial score (nSPS) is 12.5. The van der Waals surface area contributed by atoms with Gasteiger partial charge in [0.15, 0.2) is 0 Å². The highest BCUT2D eigenvalue weighted by Gasteiger charge is 2.19. The fourth-order valence-electron chi connectivity index (χ4n) is 1.58. The number of hydrogen-bond acceptors (Lipinski definition) is 3. The van der Waals surface area contributed by atoms with Gasteiger partial charge < -0.3 is 15.2 Å². The van der Waals surface area contributed by atoms with Crippen LogP contribution in [0.3, 0.4) is 0 Å². The van der Waals surface area contributed by atoms with Crippen LogP contribution in [-0.2, 0) is 4.74 Å². The van der Waals surface area contributed by atoms with Gasteiger partial charge in [0, 0.05) is 6.61 Å². The summed E-state index contributed by atoms with van der Waals surface area (Å²) in [6, 6.07) is 3.10. The molecular formula is C14H20FNO3. The fraction of sp³-hybridized carbons (Fsp3) is 0.500. The minimum absolute atomic E-state index is 0.0675. The Hall–Kier alpha value is -1.62. The van der Waals surface area contributed by atoms with Gasteiger partial charge in [-0.15, -0.1) is 0 Å². The maximum Gasteiger partial charge on any atom is 0.255 e. The summed E-state index contributed by atoms with van der Waals surface area (Å²) in [5, 5.41) is 12.3. The van der Waals surface area contributed by atoms with E-state index in [1.165, 1.54) is 0 Å². The van der Waals surface area contributed by atoms with E-state index in [0.29, 0.717) is 13.2 Å². The molecule has 19 heavy (non-hydrogen) atoms. The van der Waals surface area contributed by atoms with Crippen LogP contribution in [0.15, 0.2) is 18.2 Å². The standard InChI is InChI=1S/C14H20FNO3/c1-4-19-8-12(9(2)3)16-14(18)11-7-10(15)5-6-13(11)17/h5-7,9,12,17H,4,8H2,1-3H3,(H,16,18). The summed E-state index contributed by atoms with van der Waals surface area (Å²) in [4.78, 5) is 12.0. The van der Waals surface area contributed by atoms with Crippen molar-refractivity contribution in [1.82, 2.24) is 5.32 Å². The summed E-state index contributed by atoms with van der Waals surface area (Å²) in [7, 11) is 0. The Labute approximate surface area is 112 Å². The third kappa shape index (κ3) is 4.52. The molecule has 106 valence electrons. The van der Waals surface area contributed by atoms with Crippen LogP contribution in [0.1, 0.15) is 31.1 Å². The Kier molecular flexibility index (Phi) is 5.76. The number of carbonyl (C=O) groups excluding carboxylic acids is 1. The molecule has 1 aromatic carbocycles. The smallest absolute Gasteiger partial charge is 0.255 e. The monoisotopic (exact) mass is 269 g/mol. The number of halogens is 1. The number of amides is 1. The number of aromatic hydroxyl groups is 1. The van der Waals surface area contributed by atoms with Crippen LogP contribution in [-0.4, -0.2) is 30.3 Å². The van der Waals surface area contributed by atoms with Crippen molar-refractivity contribution >= 4 is 5.91 Å². The molecule has 0 aliphatic carbocycles. The van der Waals surface area contributed by atoms with Crippen molar-refractivity contribution in [3.8, 4) is 5.75 Å². The molecule has 0 aliphatic rings. The van der Waals surface area contributed by atoms with Crippen molar-refractivity contribution in [2.45, 2.75) is 26.8 Å². The Morgan fingerprint density at radius 1 is 1.47 bits per heavy atom. The van der Waals surface area contributed by atoms with Gasteiger partial charge in [-0.3, -0.25) is 4.79 Å². The van der Waals surface area contributed by atoms with E-state index in [1.807, 2.05) is 20.8 Å². The molecule has 1 unspecified atom stereocenters. The topological polar surface area (TPSA) is 58.6 Å². The maximum atomic E-state index is 13.1. The van der Waals surface area contributed by atoms with E-state index in [1.54, 1.807) is 0 Å². The number of phenols is 1. The third-order valence-corrected chi connectivity index (χ3v) is 2.83. The highest BCUT2D eigenvalue weighted by Crippen LogP contribution is 2.18. The average molecular weight is 269 g/mol. The first kappa shape index (κ1) is 15.4. The van der Waals surface area contributed by atoms with Gasteiger partial charge in [0.2, 0.25) is 0 Å². The Morgan fingerprint density at radius 3 is 2.74 bits per heavy atom. The summed E-state index contributed by atoms with van der Waals surface area (Å²) in [5.74, 6) is -1.13. The van der Waals surface area contributed by atoms with Gasteiger partial charge in [0.05, 0.1) is 18.2 Å². The second kappa shape index (κ2) is 7.09. The number of phenolic OH excluding ortho intramolecular Hbond substituents is 1. The fourth-order valence-corrected chi connectivity index (χ4v) is 1.58. The van der Waals surface area contributed by atoms with Gasteiger partial charge in [-0.05, 0) is 31.0 Å². The van der Waals surface area contributed by atoms with Crippen LogP contribution in [0, 0.1) is 11.7 Å². The van der Waals surface area contributed by atoms with Crippen molar-refractivity contribution < 1.29 is 19.0 Å². The molecule has 0 fully saturated rings. The molecular weight excluding hydrogens is 249 g/mol. The molecule has 0 saturated carbocycles. The van der Waals surface area contributed by atoms with E-state index in [9.17, 15) is 14.3 Å². The van der Waals surface area contributed by atoms with Crippen LogP contribution in [0.25, 0.3) is 0 Å². The molecule has 0 aliphatic heterocycles. The summed E-state index contributed by atoms with van der Waals surface area (Å²) >= 11 is 0. The Balaban J connectivity index is 2.78. The molecule has 0 aromatic heterocycles. The van der Waals surface area contributed by atoms with Crippen molar-refractivity contribution in [3.05, 3.63) is 29.6 Å². The van der Waals surface area contributed by atoms with E-state index in [0.717, 1.165) is 18.2 Å². The Morgan fingerprint density at radius 2 is 2.16 bits per heavy atom. The first-order valence-corrected chi connectivity index (χ1v) is 6.32. The van der Waals surface area contributed by atoms with E-state index in [2.05, 4.69) is 5.32 Å². The zero-order chi connectivity index (χ0) is 14.4. The number of rotatable bonds is 6.